The summed E-state index contributed by atoms with van der Waals surface area (Å²) in [4.78, 5) is 21.4. The van der Waals surface area contributed by atoms with Crippen LogP contribution in [0.5, 0.6) is 0 Å². The Balaban J connectivity index is 1.63. The molecule has 1 amide bonds. The summed E-state index contributed by atoms with van der Waals surface area (Å²) in [6.45, 7) is 7.95. The number of carbonyl (C=O) groups excluding carboxylic acids is 1. The van der Waals surface area contributed by atoms with E-state index in [0.717, 1.165) is 22.1 Å². The normalized spacial score (nSPS) is 12.6. The number of carbonyl (C=O) groups is 1. The average molecular weight is 394 g/mol. The Labute approximate surface area is 166 Å². The quantitative estimate of drug-likeness (QED) is 0.511. The maximum absolute atomic E-state index is 13.0. The van der Waals surface area contributed by atoms with Crippen molar-refractivity contribution >= 4 is 16.9 Å². The number of aromatic amines is 1. The van der Waals surface area contributed by atoms with E-state index in [0.29, 0.717) is 24.1 Å². The minimum Gasteiger partial charge on any atom is -0.450 e. The fourth-order valence-corrected chi connectivity index (χ4v) is 3.30. The number of aryl methyl sites for hydroxylation is 2. The first-order valence-electron chi connectivity index (χ1n) is 9.43. The van der Waals surface area contributed by atoms with Gasteiger partial charge in [0.1, 0.15) is 18.0 Å². The molecule has 2 N–H and O–H groups in total. The highest BCUT2D eigenvalue weighted by molar-refractivity contribution is 5.99. The first-order valence-corrected chi connectivity index (χ1v) is 9.43. The second kappa shape index (κ2) is 7.50. The molecular weight excluding hydrogens is 372 g/mol. The summed E-state index contributed by atoms with van der Waals surface area (Å²) >= 11 is 0. The molecular formula is C20H22N6O3. The van der Waals surface area contributed by atoms with Gasteiger partial charge in [-0.1, -0.05) is 37.2 Å². The first-order chi connectivity index (χ1) is 13.9. The van der Waals surface area contributed by atoms with Crippen LogP contribution in [0.3, 0.4) is 0 Å². The van der Waals surface area contributed by atoms with Crippen LogP contribution in [0.4, 0.5) is 0 Å². The van der Waals surface area contributed by atoms with Crippen molar-refractivity contribution < 1.29 is 13.7 Å². The average Bonchev–Trinajstić information content (AvgIpc) is 3.41. The number of H-pyrrole nitrogens is 1. The van der Waals surface area contributed by atoms with Gasteiger partial charge in [0.05, 0.1) is 0 Å². The molecule has 0 saturated heterocycles. The molecule has 3 heterocycles. The molecule has 29 heavy (non-hydrogen) atoms. The van der Waals surface area contributed by atoms with Gasteiger partial charge in [0.2, 0.25) is 11.7 Å². The third-order valence-electron chi connectivity index (χ3n) is 4.75. The van der Waals surface area contributed by atoms with Crippen molar-refractivity contribution in [3.63, 3.8) is 0 Å². The van der Waals surface area contributed by atoms with E-state index in [2.05, 4.69) is 44.5 Å². The lowest BCUT2D eigenvalue weighted by Crippen LogP contribution is -2.30. The van der Waals surface area contributed by atoms with Crippen molar-refractivity contribution in [1.82, 2.24) is 30.6 Å². The molecule has 0 spiro atoms. The van der Waals surface area contributed by atoms with Crippen molar-refractivity contribution in [1.29, 1.82) is 0 Å². The Morgan fingerprint density at radius 3 is 2.79 bits per heavy atom. The van der Waals surface area contributed by atoms with Crippen molar-refractivity contribution in [3.8, 4) is 11.6 Å². The SMILES string of the molecule is Cc1c(C(=O)N[C@@H](CC(C)C)c2nc(-c3ncn[nH]3)no2)oc2c(C)cccc12. The zero-order valence-electron chi connectivity index (χ0n) is 16.7. The molecule has 0 fully saturated rings. The van der Waals surface area contributed by atoms with Crippen molar-refractivity contribution in [2.75, 3.05) is 0 Å². The first kappa shape index (κ1) is 18.9. The van der Waals surface area contributed by atoms with Crippen LogP contribution in [0.1, 0.15) is 53.9 Å². The Bertz CT molecular complexity index is 1140. The molecule has 3 aromatic heterocycles. The van der Waals surface area contributed by atoms with Gasteiger partial charge in [0, 0.05) is 10.9 Å². The smallest absolute Gasteiger partial charge is 0.287 e. The fourth-order valence-electron chi connectivity index (χ4n) is 3.30. The van der Waals surface area contributed by atoms with Gasteiger partial charge in [-0.25, -0.2) is 4.98 Å². The van der Waals surface area contributed by atoms with E-state index in [9.17, 15) is 4.79 Å². The predicted molar refractivity (Wildman–Crippen MR) is 105 cm³/mol. The van der Waals surface area contributed by atoms with Crippen LogP contribution in [0.2, 0.25) is 0 Å². The number of hydrogen-bond donors (Lipinski definition) is 2. The van der Waals surface area contributed by atoms with Gasteiger partial charge in [-0.2, -0.15) is 10.1 Å². The topological polar surface area (TPSA) is 123 Å². The van der Waals surface area contributed by atoms with Gasteiger partial charge >= 0.3 is 0 Å². The minimum absolute atomic E-state index is 0.288. The third-order valence-corrected chi connectivity index (χ3v) is 4.75. The standard InChI is InChI=1S/C20H22N6O3/c1-10(2)8-14(20-24-18(26-29-20)17-21-9-22-25-17)23-19(27)16-12(4)13-7-5-6-11(3)15(13)28-16/h5-7,9-10,14H,8H2,1-4H3,(H,23,27)(H,21,22,25)/t14-/m0/s1. The van der Waals surface area contributed by atoms with Crippen molar-refractivity contribution in [2.45, 2.75) is 40.2 Å². The van der Waals surface area contributed by atoms with E-state index < -0.39 is 6.04 Å². The molecule has 0 aliphatic carbocycles. The van der Waals surface area contributed by atoms with E-state index in [4.69, 9.17) is 8.94 Å². The van der Waals surface area contributed by atoms with E-state index in [1.54, 1.807) is 0 Å². The lowest BCUT2D eigenvalue weighted by atomic mass is 10.0. The van der Waals surface area contributed by atoms with Crippen LogP contribution in [-0.4, -0.2) is 31.2 Å². The molecule has 0 bridgehead atoms. The molecule has 9 heteroatoms. The lowest BCUT2D eigenvalue weighted by Gasteiger charge is -2.16. The Hall–Kier alpha value is -3.49. The predicted octanol–water partition coefficient (Wildman–Crippen LogP) is 3.73. The molecule has 0 saturated carbocycles. The second-order valence-corrected chi connectivity index (χ2v) is 7.45. The van der Waals surface area contributed by atoms with Gasteiger partial charge in [0.25, 0.3) is 5.91 Å². The summed E-state index contributed by atoms with van der Waals surface area (Å²) in [6, 6.07) is 5.40. The molecule has 4 aromatic rings. The fraction of sp³-hybridized carbons (Fsp3) is 0.350. The molecule has 0 radical (unpaired) electrons. The lowest BCUT2D eigenvalue weighted by molar-refractivity contribution is 0.0895. The monoisotopic (exact) mass is 394 g/mol. The number of amides is 1. The molecule has 0 unspecified atom stereocenters. The summed E-state index contributed by atoms with van der Waals surface area (Å²) in [7, 11) is 0. The number of fused-ring (bicyclic) bond motifs is 1. The second-order valence-electron chi connectivity index (χ2n) is 7.45. The number of hydrogen-bond acceptors (Lipinski definition) is 7. The van der Waals surface area contributed by atoms with E-state index in [1.165, 1.54) is 6.33 Å². The molecule has 0 aliphatic heterocycles. The van der Waals surface area contributed by atoms with E-state index in [1.807, 2.05) is 32.0 Å². The van der Waals surface area contributed by atoms with Crippen LogP contribution in [0.25, 0.3) is 22.6 Å². The maximum Gasteiger partial charge on any atom is 0.287 e. The molecule has 150 valence electrons. The van der Waals surface area contributed by atoms with Crippen LogP contribution in [-0.2, 0) is 0 Å². The minimum atomic E-state index is -0.458. The largest absolute Gasteiger partial charge is 0.450 e. The third kappa shape index (κ3) is 3.63. The van der Waals surface area contributed by atoms with Crippen LogP contribution in [0.15, 0.2) is 33.5 Å². The highest BCUT2D eigenvalue weighted by atomic mass is 16.5. The highest BCUT2D eigenvalue weighted by Gasteiger charge is 2.27. The maximum atomic E-state index is 13.0. The number of aromatic nitrogens is 5. The summed E-state index contributed by atoms with van der Waals surface area (Å²) in [5.41, 5.74) is 2.51. The molecule has 1 atom stereocenters. The van der Waals surface area contributed by atoms with Gasteiger partial charge in [-0.3, -0.25) is 9.89 Å². The number of rotatable bonds is 6. The summed E-state index contributed by atoms with van der Waals surface area (Å²) in [5.74, 6) is 1.26. The molecule has 0 aliphatic rings. The Kier molecular flexibility index (Phi) is 4.87. The number of nitrogens with zero attached hydrogens (tertiary/aromatic N) is 4. The van der Waals surface area contributed by atoms with Gasteiger partial charge in [-0.15, -0.1) is 0 Å². The Morgan fingerprint density at radius 2 is 2.10 bits per heavy atom. The molecule has 4 rings (SSSR count). The zero-order valence-corrected chi connectivity index (χ0v) is 16.7. The summed E-state index contributed by atoms with van der Waals surface area (Å²) < 4.78 is 11.3. The van der Waals surface area contributed by atoms with Gasteiger partial charge in [0.15, 0.2) is 11.6 Å². The summed E-state index contributed by atoms with van der Waals surface area (Å²) in [6.07, 6.45) is 1.99. The zero-order chi connectivity index (χ0) is 20.5. The van der Waals surface area contributed by atoms with Crippen molar-refractivity contribution in [3.05, 3.63) is 47.3 Å². The molecule has 1 aromatic carbocycles. The van der Waals surface area contributed by atoms with Crippen LogP contribution < -0.4 is 5.32 Å². The number of para-hydroxylation sites is 1. The van der Waals surface area contributed by atoms with Crippen molar-refractivity contribution in [2.24, 2.45) is 5.92 Å². The van der Waals surface area contributed by atoms with Gasteiger partial charge < -0.3 is 14.3 Å². The number of nitrogens with one attached hydrogen (secondary N) is 2. The van der Waals surface area contributed by atoms with Crippen LogP contribution in [0, 0.1) is 19.8 Å². The van der Waals surface area contributed by atoms with E-state index in [-0.39, 0.29) is 17.5 Å². The van der Waals surface area contributed by atoms with Crippen LogP contribution >= 0.6 is 0 Å². The highest BCUT2D eigenvalue weighted by Crippen LogP contribution is 2.29. The molecule has 9 nitrogen and oxygen atoms in total. The Morgan fingerprint density at radius 1 is 1.28 bits per heavy atom. The number of benzene rings is 1. The van der Waals surface area contributed by atoms with E-state index >= 15 is 0 Å². The summed E-state index contributed by atoms with van der Waals surface area (Å²) in [5, 5.41) is 14.3. The number of furan rings is 1. The van der Waals surface area contributed by atoms with Gasteiger partial charge in [-0.05, 0) is 31.7 Å².